The zero-order chi connectivity index (χ0) is 28.2. The van der Waals surface area contributed by atoms with Crippen LogP contribution in [0.15, 0.2) is 48.5 Å². The minimum absolute atomic E-state index is 0.0702. The Balaban J connectivity index is 1.65. The molecule has 2 atom stereocenters. The number of para-hydroxylation sites is 1. The number of urea groups is 2. The van der Waals surface area contributed by atoms with Crippen molar-refractivity contribution in [3.8, 4) is 0 Å². The number of Topliss-reactive ketones (excluding diaryl/α,β-unsaturated/α-hetero) is 1. The summed E-state index contributed by atoms with van der Waals surface area (Å²) in [5.41, 5.74) is 1.80. The van der Waals surface area contributed by atoms with Crippen LogP contribution in [0.5, 0.6) is 0 Å². The van der Waals surface area contributed by atoms with E-state index in [0.717, 1.165) is 16.0 Å². The molecule has 10 heteroatoms. The third kappa shape index (κ3) is 6.37. The minimum atomic E-state index is -1.17. The van der Waals surface area contributed by atoms with Crippen molar-refractivity contribution in [2.45, 2.75) is 72.1 Å². The predicted molar refractivity (Wildman–Crippen MR) is 144 cm³/mol. The number of aryl methyl sites for hydroxylation is 1. The smallest absolute Gasteiger partial charge is 0.328 e. The number of carbonyl (C=O) groups is 5. The van der Waals surface area contributed by atoms with Gasteiger partial charge in [0.25, 0.3) is 5.91 Å². The lowest BCUT2D eigenvalue weighted by molar-refractivity contribution is -0.138. The number of hydrogen-bond acceptors (Lipinski definition) is 5. The van der Waals surface area contributed by atoms with Crippen molar-refractivity contribution in [1.82, 2.24) is 15.1 Å². The van der Waals surface area contributed by atoms with E-state index in [4.69, 9.17) is 0 Å². The van der Waals surface area contributed by atoms with Crippen LogP contribution in [0.1, 0.15) is 52.2 Å². The highest BCUT2D eigenvalue weighted by atomic mass is 16.2. The van der Waals surface area contributed by atoms with Gasteiger partial charge in [-0.05, 0) is 70.9 Å². The van der Waals surface area contributed by atoms with Crippen molar-refractivity contribution in [2.24, 2.45) is 0 Å². The van der Waals surface area contributed by atoms with E-state index in [0.29, 0.717) is 11.4 Å². The van der Waals surface area contributed by atoms with Crippen LogP contribution in [-0.4, -0.2) is 57.1 Å². The van der Waals surface area contributed by atoms with Crippen LogP contribution in [0.3, 0.4) is 0 Å². The van der Waals surface area contributed by atoms with Crippen molar-refractivity contribution in [1.29, 1.82) is 0 Å². The highest BCUT2D eigenvalue weighted by Crippen LogP contribution is 2.31. The van der Waals surface area contributed by atoms with Gasteiger partial charge in [-0.25, -0.2) is 14.5 Å². The number of hydrogen-bond donors (Lipinski definition) is 3. The van der Waals surface area contributed by atoms with Crippen LogP contribution in [0.4, 0.5) is 21.0 Å². The van der Waals surface area contributed by atoms with E-state index in [1.807, 2.05) is 31.2 Å². The maximum absolute atomic E-state index is 13.3. The molecule has 1 fully saturated rings. The van der Waals surface area contributed by atoms with Crippen LogP contribution in [-0.2, 0) is 20.9 Å². The van der Waals surface area contributed by atoms with Crippen molar-refractivity contribution in [3.05, 3.63) is 59.7 Å². The molecule has 0 spiro atoms. The molecular weight excluding hydrogens is 486 g/mol. The number of anilines is 2. The maximum atomic E-state index is 13.3. The summed E-state index contributed by atoms with van der Waals surface area (Å²) in [6, 6.07) is 12.0. The first-order valence-electron chi connectivity index (χ1n) is 12.5. The molecule has 38 heavy (non-hydrogen) atoms. The maximum Gasteiger partial charge on any atom is 0.328 e. The number of carbonyl (C=O) groups excluding carboxylic acids is 5. The number of benzene rings is 2. The van der Waals surface area contributed by atoms with Gasteiger partial charge in [0.1, 0.15) is 17.4 Å². The number of amides is 6. The van der Waals surface area contributed by atoms with E-state index in [-0.39, 0.29) is 24.8 Å². The number of nitrogens with zero attached hydrogens (tertiary/aromatic N) is 2. The predicted octanol–water partition coefficient (Wildman–Crippen LogP) is 4.05. The molecule has 0 unspecified atom stereocenters. The van der Waals surface area contributed by atoms with Crippen LogP contribution < -0.4 is 16.0 Å². The number of rotatable bonds is 9. The summed E-state index contributed by atoms with van der Waals surface area (Å²) < 4.78 is 0. The lowest BCUT2D eigenvalue weighted by atomic mass is 10.0. The zero-order valence-corrected chi connectivity index (χ0v) is 22.6. The van der Waals surface area contributed by atoms with Gasteiger partial charge in [-0.15, -0.1) is 0 Å². The average Bonchev–Trinajstić information content (AvgIpc) is 2.99. The SMILES string of the molecule is CC(=O)C[C@@H](C)NC(=O)[C@H](C)N1C(=O)N(Cc2ccc(NC(=O)Nc3ccccc3C)cc2)C(C)(C)C1=O. The van der Waals surface area contributed by atoms with Gasteiger partial charge < -0.3 is 20.9 Å². The summed E-state index contributed by atoms with van der Waals surface area (Å²) in [6.45, 7) is 9.94. The van der Waals surface area contributed by atoms with Gasteiger partial charge in [-0.2, -0.15) is 0 Å². The van der Waals surface area contributed by atoms with Gasteiger partial charge in [0.2, 0.25) is 5.91 Å². The topological polar surface area (TPSA) is 128 Å². The van der Waals surface area contributed by atoms with E-state index < -0.39 is 35.5 Å². The molecule has 0 radical (unpaired) electrons. The monoisotopic (exact) mass is 521 g/mol. The summed E-state index contributed by atoms with van der Waals surface area (Å²) in [7, 11) is 0. The van der Waals surface area contributed by atoms with Crippen LogP contribution in [0, 0.1) is 6.92 Å². The highest BCUT2D eigenvalue weighted by molar-refractivity contribution is 6.09. The van der Waals surface area contributed by atoms with E-state index in [1.54, 1.807) is 45.0 Å². The second-order valence-electron chi connectivity index (χ2n) is 10.2. The van der Waals surface area contributed by atoms with Crippen molar-refractivity contribution in [3.63, 3.8) is 0 Å². The summed E-state index contributed by atoms with van der Waals surface area (Å²) in [6.07, 6.45) is 0.163. The second-order valence-corrected chi connectivity index (χ2v) is 10.2. The zero-order valence-electron chi connectivity index (χ0n) is 22.6. The van der Waals surface area contributed by atoms with Crippen LogP contribution >= 0.6 is 0 Å². The van der Waals surface area contributed by atoms with E-state index in [9.17, 15) is 24.0 Å². The fraction of sp³-hybridized carbons (Fsp3) is 0.393. The van der Waals surface area contributed by atoms with Gasteiger partial charge in [0.15, 0.2) is 0 Å². The van der Waals surface area contributed by atoms with Gasteiger partial charge in [0, 0.05) is 30.4 Å². The van der Waals surface area contributed by atoms with Crippen molar-refractivity contribution < 1.29 is 24.0 Å². The first kappa shape index (κ1) is 28.4. The summed E-state index contributed by atoms with van der Waals surface area (Å²) >= 11 is 0. The van der Waals surface area contributed by atoms with Gasteiger partial charge >= 0.3 is 12.1 Å². The first-order chi connectivity index (χ1) is 17.8. The Morgan fingerprint density at radius 1 is 0.947 bits per heavy atom. The van der Waals surface area contributed by atoms with Crippen molar-refractivity contribution >= 4 is 41.0 Å². The van der Waals surface area contributed by atoms with Gasteiger partial charge in [0.05, 0.1) is 0 Å². The van der Waals surface area contributed by atoms with Gasteiger partial charge in [-0.3, -0.25) is 14.4 Å². The Hall–Kier alpha value is -4.21. The molecule has 3 N–H and O–H groups in total. The van der Waals surface area contributed by atoms with E-state index in [2.05, 4.69) is 16.0 Å². The third-order valence-corrected chi connectivity index (χ3v) is 6.55. The fourth-order valence-electron chi connectivity index (χ4n) is 4.31. The molecule has 3 rings (SSSR count). The summed E-state index contributed by atoms with van der Waals surface area (Å²) in [5.74, 6) is -1.05. The van der Waals surface area contributed by atoms with E-state index >= 15 is 0 Å². The lowest BCUT2D eigenvalue weighted by Gasteiger charge is -2.27. The molecule has 1 heterocycles. The standard InChI is InChI=1S/C28H35N5O5/c1-17-9-7-8-10-23(17)31-26(37)30-22-13-11-21(12-14-22)16-32-27(38)33(25(36)28(32,5)6)20(4)24(35)29-18(2)15-19(3)34/h7-14,18,20H,15-16H2,1-6H3,(H,29,35)(H2,30,31,37)/t18-,20+/m1/s1. The van der Waals surface area contributed by atoms with E-state index in [1.165, 1.54) is 18.7 Å². The molecule has 0 aliphatic carbocycles. The molecule has 1 aliphatic rings. The lowest BCUT2D eigenvalue weighted by Crippen LogP contribution is -2.51. The summed E-state index contributed by atoms with van der Waals surface area (Å²) in [4.78, 5) is 65.3. The largest absolute Gasteiger partial charge is 0.351 e. The minimum Gasteiger partial charge on any atom is -0.351 e. The van der Waals surface area contributed by atoms with Crippen LogP contribution in [0.2, 0.25) is 0 Å². The molecule has 2 aromatic carbocycles. The molecular formula is C28H35N5O5. The first-order valence-corrected chi connectivity index (χ1v) is 12.5. The molecule has 10 nitrogen and oxygen atoms in total. The highest BCUT2D eigenvalue weighted by Gasteiger charge is 2.53. The molecule has 202 valence electrons. The normalized spacial score (nSPS) is 16.2. The summed E-state index contributed by atoms with van der Waals surface area (Å²) in [5, 5.41) is 8.27. The van der Waals surface area contributed by atoms with Gasteiger partial charge in [-0.1, -0.05) is 30.3 Å². The third-order valence-electron chi connectivity index (χ3n) is 6.55. The molecule has 2 aromatic rings. The number of imide groups is 1. The quantitative estimate of drug-likeness (QED) is 0.429. The molecule has 1 saturated heterocycles. The fourth-order valence-corrected chi connectivity index (χ4v) is 4.31. The Morgan fingerprint density at radius 2 is 1.58 bits per heavy atom. The Bertz CT molecular complexity index is 1240. The average molecular weight is 522 g/mol. The molecule has 0 bridgehead atoms. The molecule has 0 aromatic heterocycles. The van der Waals surface area contributed by atoms with Crippen LogP contribution in [0.25, 0.3) is 0 Å². The van der Waals surface area contributed by atoms with Crippen molar-refractivity contribution in [2.75, 3.05) is 10.6 Å². The Labute approximate surface area is 222 Å². The molecule has 6 amide bonds. The molecule has 0 saturated carbocycles. The number of ketones is 1. The number of nitrogens with one attached hydrogen (secondary N) is 3. The molecule has 1 aliphatic heterocycles. The Morgan fingerprint density at radius 3 is 2.18 bits per heavy atom. The Kier molecular flexibility index (Phi) is 8.55. The second kappa shape index (κ2) is 11.5.